The Morgan fingerprint density at radius 3 is 2.69 bits per heavy atom. The molecule has 3 heterocycles. The van der Waals surface area contributed by atoms with Crippen molar-refractivity contribution >= 4 is 28.8 Å². The van der Waals surface area contributed by atoms with Crippen LogP contribution in [0.2, 0.25) is 5.02 Å². The Hall–Kier alpha value is -2.28. The molecule has 2 aromatic heterocycles. The summed E-state index contributed by atoms with van der Waals surface area (Å²) in [7, 11) is 0. The third-order valence-electron chi connectivity index (χ3n) is 5.00. The number of halogens is 1. The molecule has 0 spiro atoms. The third-order valence-corrected chi connectivity index (χ3v) is 6.11. The summed E-state index contributed by atoms with van der Waals surface area (Å²) in [5.74, 6) is 0.866. The van der Waals surface area contributed by atoms with Crippen LogP contribution in [0.15, 0.2) is 47.8 Å². The predicted molar refractivity (Wildman–Crippen MR) is 117 cm³/mol. The second kappa shape index (κ2) is 9.03. The Bertz CT molecular complexity index is 975. The molecule has 0 bridgehead atoms. The zero-order valence-corrected chi connectivity index (χ0v) is 17.9. The fourth-order valence-electron chi connectivity index (χ4n) is 3.56. The van der Waals surface area contributed by atoms with Crippen molar-refractivity contribution in [2.24, 2.45) is 0 Å². The van der Waals surface area contributed by atoms with E-state index in [1.165, 1.54) is 11.3 Å². The van der Waals surface area contributed by atoms with Crippen LogP contribution in [0.25, 0.3) is 11.4 Å². The van der Waals surface area contributed by atoms with Gasteiger partial charge in [0.15, 0.2) is 5.82 Å². The minimum atomic E-state index is 0.143. The van der Waals surface area contributed by atoms with E-state index in [1.54, 1.807) is 0 Å². The van der Waals surface area contributed by atoms with Crippen LogP contribution >= 0.6 is 22.9 Å². The summed E-state index contributed by atoms with van der Waals surface area (Å²) in [6, 6.07) is 13.5. The average Bonchev–Trinajstić information content (AvgIpc) is 3.15. The van der Waals surface area contributed by atoms with Gasteiger partial charge in [0.2, 0.25) is 0 Å². The number of rotatable bonds is 4. The molecule has 3 aromatic rings. The molecule has 7 heteroatoms. The minimum Gasteiger partial charge on any atom is -0.337 e. The van der Waals surface area contributed by atoms with Gasteiger partial charge in [0.1, 0.15) is 0 Å². The molecule has 1 aromatic carbocycles. The van der Waals surface area contributed by atoms with Gasteiger partial charge in [-0.2, -0.15) is 0 Å². The number of carbonyl (C=O) groups is 1. The lowest BCUT2D eigenvalue weighted by atomic mass is 10.2. The van der Waals surface area contributed by atoms with Gasteiger partial charge in [-0.05, 0) is 55.1 Å². The van der Waals surface area contributed by atoms with E-state index in [0.717, 1.165) is 66.8 Å². The second-order valence-electron chi connectivity index (χ2n) is 7.23. The van der Waals surface area contributed by atoms with Crippen LogP contribution in [-0.4, -0.2) is 51.9 Å². The Balaban J connectivity index is 1.44. The standard InChI is InChI=1S/C22H23ClN4OS/c1-16-14-19(25-21(24-16)17-5-7-18(23)8-6-17)15-26-9-3-10-27(12-11-26)22(28)20-4-2-13-29-20/h2,4-8,13-14H,3,9-12,15H2,1H3. The van der Waals surface area contributed by atoms with Crippen LogP contribution in [0.1, 0.15) is 27.5 Å². The van der Waals surface area contributed by atoms with E-state index >= 15 is 0 Å². The maximum atomic E-state index is 12.6. The van der Waals surface area contributed by atoms with Gasteiger partial charge >= 0.3 is 0 Å². The zero-order chi connectivity index (χ0) is 20.2. The van der Waals surface area contributed by atoms with Gasteiger partial charge in [-0.25, -0.2) is 9.97 Å². The maximum absolute atomic E-state index is 12.6. The van der Waals surface area contributed by atoms with E-state index in [0.29, 0.717) is 5.02 Å². The van der Waals surface area contributed by atoms with Crippen LogP contribution in [0.5, 0.6) is 0 Å². The summed E-state index contributed by atoms with van der Waals surface area (Å²) in [6.07, 6.45) is 0.964. The molecule has 0 unspecified atom stereocenters. The minimum absolute atomic E-state index is 0.143. The molecule has 0 aliphatic carbocycles. The van der Waals surface area contributed by atoms with E-state index in [2.05, 4.69) is 9.88 Å². The molecule has 1 aliphatic heterocycles. The second-order valence-corrected chi connectivity index (χ2v) is 8.61. The highest BCUT2D eigenvalue weighted by Crippen LogP contribution is 2.20. The number of hydrogen-bond acceptors (Lipinski definition) is 5. The number of carbonyl (C=O) groups excluding carboxylic acids is 1. The van der Waals surface area contributed by atoms with Gasteiger partial charge in [0, 0.05) is 49.0 Å². The lowest BCUT2D eigenvalue weighted by molar-refractivity contribution is 0.0766. The van der Waals surface area contributed by atoms with E-state index in [1.807, 2.05) is 59.7 Å². The van der Waals surface area contributed by atoms with Crippen molar-refractivity contribution in [1.82, 2.24) is 19.8 Å². The van der Waals surface area contributed by atoms with Gasteiger partial charge in [0.05, 0.1) is 10.6 Å². The zero-order valence-electron chi connectivity index (χ0n) is 16.3. The van der Waals surface area contributed by atoms with Crippen molar-refractivity contribution in [3.05, 3.63) is 69.1 Å². The van der Waals surface area contributed by atoms with Gasteiger partial charge in [0.25, 0.3) is 5.91 Å². The number of nitrogens with zero attached hydrogens (tertiary/aromatic N) is 4. The maximum Gasteiger partial charge on any atom is 0.263 e. The van der Waals surface area contributed by atoms with Gasteiger partial charge in [-0.3, -0.25) is 9.69 Å². The smallest absolute Gasteiger partial charge is 0.263 e. The number of aromatic nitrogens is 2. The van der Waals surface area contributed by atoms with Gasteiger partial charge in [-0.15, -0.1) is 11.3 Å². The van der Waals surface area contributed by atoms with Crippen LogP contribution in [0.4, 0.5) is 0 Å². The summed E-state index contributed by atoms with van der Waals surface area (Å²) >= 11 is 7.50. The molecule has 1 amide bonds. The van der Waals surface area contributed by atoms with Crippen LogP contribution < -0.4 is 0 Å². The van der Waals surface area contributed by atoms with Crippen molar-refractivity contribution in [2.45, 2.75) is 19.9 Å². The number of hydrogen-bond donors (Lipinski definition) is 0. The fourth-order valence-corrected chi connectivity index (χ4v) is 4.38. The first-order valence-electron chi connectivity index (χ1n) is 9.74. The Morgan fingerprint density at radius 2 is 1.93 bits per heavy atom. The Kier molecular flexibility index (Phi) is 6.23. The van der Waals surface area contributed by atoms with Gasteiger partial charge < -0.3 is 4.90 Å². The average molecular weight is 427 g/mol. The highest BCUT2D eigenvalue weighted by atomic mass is 35.5. The van der Waals surface area contributed by atoms with Gasteiger partial charge in [-0.1, -0.05) is 17.7 Å². The quantitative estimate of drug-likeness (QED) is 0.615. The highest BCUT2D eigenvalue weighted by molar-refractivity contribution is 7.12. The third kappa shape index (κ3) is 5.01. The molecule has 1 aliphatic rings. The summed E-state index contributed by atoms with van der Waals surface area (Å²) in [6.45, 7) is 6.08. The summed E-state index contributed by atoms with van der Waals surface area (Å²) in [4.78, 5) is 27.2. The van der Waals surface area contributed by atoms with Crippen molar-refractivity contribution in [3.8, 4) is 11.4 Å². The monoisotopic (exact) mass is 426 g/mol. The van der Waals surface area contributed by atoms with Crippen molar-refractivity contribution in [3.63, 3.8) is 0 Å². The first-order valence-corrected chi connectivity index (χ1v) is 11.0. The SMILES string of the molecule is Cc1cc(CN2CCCN(C(=O)c3cccs3)CC2)nc(-c2ccc(Cl)cc2)n1. The largest absolute Gasteiger partial charge is 0.337 e. The lowest BCUT2D eigenvalue weighted by Gasteiger charge is -2.21. The highest BCUT2D eigenvalue weighted by Gasteiger charge is 2.21. The first kappa shape index (κ1) is 20.0. The topological polar surface area (TPSA) is 49.3 Å². The molecule has 4 rings (SSSR count). The number of benzene rings is 1. The van der Waals surface area contributed by atoms with E-state index in [9.17, 15) is 4.79 Å². The number of amides is 1. The normalized spacial score (nSPS) is 15.3. The molecule has 0 atom stereocenters. The van der Waals surface area contributed by atoms with Crippen LogP contribution in [0.3, 0.4) is 0 Å². The van der Waals surface area contributed by atoms with E-state index in [4.69, 9.17) is 16.6 Å². The molecule has 0 saturated carbocycles. The van der Waals surface area contributed by atoms with E-state index in [-0.39, 0.29) is 5.91 Å². The molecular weight excluding hydrogens is 404 g/mol. The fraction of sp³-hybridized carbons (Fsp3) is 0.318. The molecule has 1 fully saturated rings. The Morgan fingerprint density at radius 1 is 1.10 bits per heavy atom. The first-order chi connectivity index (χ1) is 14.1. The Labute approximate surface area is 180 Å². The van der Waals surface area contributed by atoms with Crippen LogP contribution in [0, 0.1) is 6.92 Å². The van der Waals surface area contributed by atoms with E-state index < -0.39 is 0 Å². The molecule has 5 nitrogen and oxygen atoms in total. The molecule has 0 N–H and O–H groups in total. The summed E-state index contributed by atoms with van der Waals surface area (Å²) in [5, 5.41) is 2.65. The van der Waals surface area contributed by atoms with Crippen molar-refractivity contribution in [2.75, 3.05) is 26.2 Å². The van der Waals surface area contributed by atoms with Crippen molar-refractivity contribution in [1.29, 1.82) is 0 Å². The van der Waals surface area contributed by atoms with Crippen molar-refractivity contribution < 1.29 is 4.79 Å². The molecule has 0 radical (unpaired) electrons. The number of aryl methyl sites for hydroxylation is 1. The molecular formula is C22H23ClN4OS. The summed E-state index contributed by atoms with van der Waals surface area (Å²) in [5.41, 5.74) is 2.91. The number of thiophene rings is 1. The lowest BCUT2D eigenvalue weighted by Crippen LogP contribution is -2.34. The molecule has 1 saturated heterocycles. The van der Waals surface area contributed by atoms with Crippen LogP contribution in [-0.2, 0) is 6.54 Å². The molecule has 150 valence electrons. The summed E-state index contributed by atoms with van der Waals surface area (Å²) < 4.78 is 0. The molecule has 29 heavy (non-hydrogen) atoms. The predicted octanol–water partition coefficient (Wildman–Crippen LogP) is 4.52.